The van der Waals surface area contributed by atoms with Crippen molar-refractivity contribution >= 4 is 22.6 Å². The van der Waals surface area contributed by atoms with Gasteiger partial charge in [0, 0.05) is 10.3 Å². The standard InChI is InChI=1S/C18H25IO2/c1-12(2)18-10-16(17(4,21-18)9-15(18)19)20-11-14-8-6-5-7-13(14)3/h5-8,12,15-16H,9-11H2,1-4H3. The fourth-order valence-electron chi connectivity index (χ4n) is 3.85. The number of hydrogen-bond acceptors (Lipinski definition) is 2. The Labute approximate surface area is 141 Å². The summed E-state index contributed by atoms with van der Waals surface area (Å²) in [5.74, 6) is 0.535. The molecule has 2 heterocycles. The highest BCUT2D eigenvalue weighted by Gasteiger charge is 2.65. The summed E-state index contributed by atoms with van der Waals surface area (Å²) in [5, 5.41) is 0. The minimum Gasteiger partial charge on any atom is -0.370 e. The lowest BCUT2D eigenvalue weighted by molar-refractivity contribution is -0.0954. The van der Waals surface area contributed by atoms with E-state index in [9.17, 15) is 0 Å². The summed E-state index contributed by atoms with van der Waals surface area (Å²) in [5.41, 5.74) is 2.48. The van der Waals surface area contributed by atoms with Gasteiger partial charge in [0.05, 0.1) is 23.9 Å². The molecule has 2 saturated heterocycles. The molecule has 116 valence electrons. The van der Waals surface area contributed by atoms with Crippen molar-refractivity contribution in [2.24, 2.45) is 5.92 Å². The van der Waals surface area contributed by atoms with Crippen LogP contribution in [-0.4, -0.2) is 21.2 Å². The molecular weight excluding hydrogens is 375 g/mol. The van der Waals surface area contributed by atoms with Gasteiger partial charge in [-0.1, -0.05) is 60.7 Å². The summed E-state index contributed by atoms with van der Waals surface area (Å²) in [6.07, 6.45) is 2.34. The Morgan fingerprint density at radius 1 is 1.33 bits per heavy atom. The Morgan fingerprint density at radius 3 is 2.67 bits per heavy atom. The first-order valence-electron chi connectivity index (χ1n) is 7.88. The summed E-state index contributed by atoms with van der Waals surface area (Å²) >= 11 is 2.58. The molecule has 2 nitrogen and oxygen atoms in total. The lowest BCUT2D eigenvalue weighted by Crippen LogP contribution is -2.44. The Balaban J connectivity index is 1.73. The molecule has 0 saturated carbocycles. The van der Waals surface area contributed by atoms with Gasteiger partial charge in [-0.3, -0.25) is 0 Å². The lowest BCUT2D eigenvalue weighted by Gasteiger charge is -2.35. The van der Waals surface area contributed by atoms with E-state index in [1.54, 1.807) is 0 Å². The van der Waals surface area contributed by atoms with Gasteiger partial charge < -0.3 is 9.47 Å². The molecule has 2 aliphatic rings. The first-order chi connectivity index (χ1) is 9.87. The summed E-state index contributed by atoms with van der Waals surface area (Å²) in [6.45, 7) is 9.63. The molecule has 0 radical (unpaired) electrons. The Hall–Kier alpha value is -0.130. The molecule has 3 rings (SSSR count). The van der Waals surface area contributed by atoms with E-state index < -0.39 is 0 Å². The number of alkyl halides is 1. The third-order valence-corrected chi connectivity index (χ3v) is 6.90. The van der Waals surface area contributed by atoms with Crippen LogP contribution >= 0.6 is 22.6 Å². The van der Waals surface area contributed by atoms with Crippen molar-refractivity contribution in [3.8, 4) is 0 Å². The number of ether oxygens (including phenoxy) is 2. The molecular formula is C18H25IO2. The molecule has 1 aromatic carbocycles. The average Bonchev–Trinajstić information content (AvgIpc) is 2.86. The molecule has 2 bridgehead atoms. The second-order valence-electron chi connectivity index (χ2n) is 7.13. The van der Waals surface area contributed by atoms with Gasteiger partial charge in [0.25, 0.3) is 0 Å². The topological polar surface area (TPSA) is 18.5 Å². The molecule has 1 aromatic rings. The third-order valence-electron chi connectivity index (χ3n) is 5.40. The van der Waals surface area contributed by atoms with Gasteiger partial charge in [-0.25, -0.2) is 0 Å². The molecule has 3 heteroatoms. The van der Waals surface area contributed by atoms with Crippen LogP contribution in [0.2, 0.25) is 0 Å². The second kappa shape index (κ2) is 5.50. The monoisotopic (exact) mass is 400 g/mol. The van der Waals surface area contributed by atoms with Gasteiger partial charge in [0.1, 0.15) is 0 Å². The molecule has 0 N–H and O–H groups in total. The number of aryl methyl sites for hydroxylation is 1. The van der Waals surface area contributed by atoms with Crippen molar-refractivity contribution in [3.63, 3.8) is 0 Å². The quantitative estimate of drug-likeness (QED) is 0.541. The predicted octanol–water partition coefficient (Wildman–Crippen LogP) is 4.66. The minimum absolute atomic E-state index is 0.00566. The minimum atomic E-state index is -0.112. The fraction of sp³-hybridized carbons (Fsp3) is 0.667. The maximum Gasteiger partial charge on any atom is 0.0935 e. The first kappa shape index (κ1) is 15.8. The SMILES string of the molecule is Cc1ccccc1COC1CC2(C(C)C)OC1(C)CC2I. The highest BCUT2D eigenvalue weighted by atomic mass is 127. The predicted molar refractivity (Wildman–Crippen MR) is 93.9 cm³/mol. The van der Waals surface area contributed by atoms with Gasteiger partial charge in [0.15, 0.2) is 0 Å². The Bertz CT molecular complexity index is 530. The van der Waals surface area contributed by atoms with Crippen LogP contribution in [0.3, 0.4) is 0 Å². The molecule has 0 spiro atoms. The van der Waals surface area contributed by atoms with Crippen LogP contribution in [0.5, 0.6) is 0 Å². The molecule has 4 unspecified atom stereocenters. The van der Waals surface area contributed by atoms with Crippen molar-refractivity contribution in [1.29, 1.82) is 0 Å². The smallest absolute Gasteiger partial charge is 0.0935 e. The molecule has 2 aliphatic heterocycles. The van der Waals surface area contributed by atoms with Crippen LogP contribution in [0, 0.1) is 12.8 Å². The van der Waals surface area contributed by atoms with Crippen LogP contribution in [0.4, 0.5) is 0 Å². The van der Waals surface area contributed by atoms with E-state index >= 15 is 0 Å². The highest BCUT2D eigenvalue weighted by Crippen LogP contribution is 2.57. The molecule has 2 fully saturated rings. The zero-order valence-corrected chi connectivity index (χ0v) is 15.5. The van der Waals surface area contributed by atoms with Gasteiger partial charge >= 0.3 is 0 Å². The number of hydrogen-bond donors (Lipinski definition) is 0. The van der Waals surface area contributed by atoms with Crippen LogP contribution in [-0.2, 0) is 16.1 Å². The van der Waals surface area contributed by atoms with Gasteiger partial charge in [0.2, 0.25) is 0 Å². The summed E-state index contributed by atoms with van der Waals surface area (Å²) in [7, 11) is 0. The molecule has 0 aliphatic carbocycles. The fourth-order valence-corrected chi connectivity index (χ4v) is 5.83. The highest BCUT2D eigenvalue weighted by molar-refractivity contribution is 14.1. The number of rotatable bonds is 4. The van der Waals surface area contributed by atoms with Crippen LogP contribution in [0.25, 0.3) is 0 Å². The van der Waals surface area contributed by atoms with Crippen LogP contribution in [0.1, 0.15) is 44.7 Å². The first-order valence-corrected chi connectivity index (χ1v) is 9.12. The Kier molecular flexibility index (Phi) is 4.13. The molecule has 4 atom stereocenters. The maximum atomic E-state index is 6.52. The molecule has 0 amide bonds. The maximum absolute atomic E-state index is 6.52. The van der Waals surface area contributed by atoms with Crippen molar-refractivity contribution < 1.29 is 9.47 Å². The lowest BCUT2D eigenvalue weighted by atomic mass is 9.75. The normalized spacial score (nSPS) is 38.4. The van der Waals surface area contributed by atoms with E-state index in [1.807, 2.05) is 0 Å². The molecule has 21 heavy (non-hydrogen) atoms. The van der Waals surface area contributed by atoms with Gasteiger partial charge in [-0.05, 0) is 37.3 Å². The Morgan fingerprint density at radius 2 is 2.05 bits per heavy atom. The van der Waals surface area contributed by atoms with E-state index in [0.717, 1.165) is 12.8 Å². The number of fused-ring (bicyclic) bond motifs is 2. The molecule has 0 aromatic heterocycles. The van der Waals surface area contributed by atoms with Crippen molar-refractivity contribution in [2.75, 3.05) is 0 Å². The van der Waals surface area contributed by atoms with E-state index in [-0.39, 0.29) is 17.3 Å². The summed E-state index contributed by atoms with van der Waals surface area (Å²) < 4.78 is 13.4. The third kappa shape index (κ3) is 2.55. The van der Waals surface area contributed by atoms with E-state index in [1.165, 1.54) is 11.1 Å². The van der Waals surface area contributed by atoms with Crippen molar-refractivity contribution in [3.05, 3.63) is 35.4 Å². The number of halogens is 1. The zero-order chi connectivity index (χ0) is 15.3. The van der Waals surface area contributed by atoms with E-state index in [4.69, 9.17) is 9.47 Å². The number of benzene rings is 1. The average molecular weight is 400 g/mol. The van der Waals surface area contributed by atoms with Crippen molar-refractivity contribution in [1.82, 2.24) is 0 Å². The second-order valence-corrected chi connectivity index (χ2v) is 8.63. The van der Waals surface area contributed by atoms with E-state index in [0.29, 0.717) is 16.4 Å². The van der Waals surface area contributed by atoms with Crippen molar-refractivity contribution in [2.45, 2.75) is 68.4 Å². The van der Waals surface area contributed by atoms with Gasteiger partial charge in [-0.2, -0.15) is 0 Å². The zero-order valence-electron chi connectivity index (χ0n) is 13.4. The largest absolute Gasteiger partial charge is 0.370 e. The summed E-state index contributed by atoms with van der Waals surface area (Å²) in [6, 6.07) is 8.47. The summed E-state index contributed by atoms with van der Waals surface area (Å²) in [4.78, 5) is 0. The van der Waals surface area contributed by atoms with Crippen LogP contribution in [0.15, 0.2) is 24.3 Å². The van der Waals surface area contributed by atoms with Crippen LogP contribution < -0.4 is 0 Å². The van der Waals surface area contributed by atoms with Gasteiger partial charge in [-0.15, -0.1) is 0 Å². The van der Waals surface area contributed by atoms with E-state index in [2.05, 4.69) is 74.6 Å².